The molecule has 0 saturated carbocycles. The van der Waals surface area contributed by atoms with Crippen molar-refractivity contribution in [2.24, 2.45) is 0 Å². The van der Waals surface area contributed by atoms with E-state index in [0.717, 1.165) is 44.6 Å². The fourth-order valence-electron chi connectivity index (χ4n) is 4.52. The molecular weight excluding hydrogens is 330 g/mol. The van der Waals surface area contributed by atoms with Gasteiger partial charge in [0.2, 0.25) is 11.8 Å². The van der Waals surface area contributed by atoms with E-state index >= 15 is 0 Å². The third-order valence-corrected chi connectivity index (χ3v) is 6.03. The number of hydrogen-bond donors (Lipinski definition) is 0. The predicted octanol–water partition coefficient (Wildman–Crippen LogP) is 1.11. The summed E-state index contributed by atoms with van der Waals surface area (Å²) >= 11 is 0. The Kier molecular flexibility index (Phi) is 4.96. The van der Waals surface area contributed by atoms with Crippen LogP contribution in [-0.4, -0.2) is 77.5 Å². The van der Waals surface area contributed by atoms with Crippen LogP contribution in [0.2, 0.25) is 0 Å². The predicted molar refractivity (Wildman–Crippen MR) is 97.4 cm³/mol. The number of morpholine rings is 1. The number of fused-ring (bicyclic) bond motifs is 1. The Balaban J connectivity index is 1.41. The molecule has 2 amide bonds. The van der Waals surface area contributed by atoms with E-state index in [-0.39, 0.29) is 30.6 Å². The van der Waals surface area contributed by atoms with Gasteiger partial charge in [0.25, 0.3) is 0 Å². The number of likely N-dealkylation sites (tertiary alicyclic amines) is 2. The second-order valence-electron chi connectivity index (χ2n) is 7.62. The normalized spacial score (nSPS) is 27.7. The highest BCUT2D eigenvalue weighted by Gasteiger charge is 2.45. The van der Waals surface area contributed by atoms with Gasteiger partial charge in [-0.25, -0.2) is 0 Å². The molecule has 4 rings (SSSR count). The SMILES string of the molecule is CC(=O)N1CCC(N2C[C@@H]3OCC(=O)N(Cc4ccccc4)[C@H]3C2)CC1. The molecule has 1 aromatic rings. The summed E-state index contributed by atoms with van der Waals surface area (Å²) in [5.74, 6) is 0.254. The molecule has 0 N–H and O–H groups in total. The van der Waals surface area contributed by atoms with Crippen molar-refractivity contribution in [2.45, 2.75) is 44.5 Å². The summed E-state index contributed by atoms with van der Waals surface area (Å²) in [6.45, 7) is 5.90. The number of carbonyl (C=O) groups is 2. The summed E-state index contributed by atoms with van der Waals surface area (Å²) in [6.07, 6.45) is 2.11. The Labute approximate surface area is 154 Å². The molecule has 0 spiro atoms. The van der Waals surface area contributed by atoms with Crippen molar-refractivity contribution >= 4 is 11.8 Å². The van der Waals surface area contributed by atoms with E-state index in [1.165, 1.54) is 0 Å². The average Bonchev–Trinajstić information content (AvgIpc) is 3.10. The van der Waals surface area contributed by atoms with Crippen molar-refractivity contribution in [3.05, 3.63) is 35.9 Å². The van der Waals surface area contributed by atoms with Crippen molar-refractivity contribution in [2.75, 3.05) is 32.8 Å². The fraction of sp³-hybridized carbons (Fsp3) is 0.600. The Morgan fingerprint density at radius 2 is 1.88 bits per heavy atom. The first kappa shape index (κ1) is 17.5. The molecule has 3 fully saturated rings. The van der Waals surface area contributed by atoms with Crippen LogP contribution in [0.4, 0.5) is 0 Å². The summed E-state index contributed by atoms with van der Waals surface area (Å²) in [5, 5.41) is 0. The second kappa shape index (κ2) is 7.37. The molecule has 6 heteroatoms. The van der Waals surface area contributed by atoms with Gasteiger partial charge in [0, 0.05) is 45.7 Å². The third kappa shape index (κ3) is 3.48. The molecular formula is C20H27N3O3. The quantitative estimate of drug-likeness (QED) is 0.813. The highest BCUT2D eigenvalue weighted by molar-refractivity contribution is 5.78. The van der Waals surface area contributed by atoms with Crippen LogP contribution in [0.1, 0.15) is 25.3 Å². The zero-order chi connectivity index (χ0) is 18.1. The molecule has 0 aromatic heterocycles. The van der Waals surface area contributed by atoms with Gasteiger partial charge in [-0.2, -0.15) is 0 Å². The minimum Gasteiger partial charge on any atom is -0.365 e. The van der Waals surface area contributed by atoms with Crippen LogP contribution < -0.4 is 0 Å². The van der Waals surface area contributed by atoms with Gasteiger partial charge >= 0.3 is 0 Å². The monoisotopic (exact) mass is 357 g/mol. The molecule has 3 aliphatic rings. The van der Waals surface area contributed by atoms with Gasteiger partial charge in [-0.3, -0.25) is 14.5 Å². The van der Waals surface area contributed by atoms with E-state index in [1.54, 1.807) is 6.92 Å². The molecule has 6 nitrogen and oxygen atoms in total. The largest absolute Gasteiger partial charge is 0.365 e. The van der Waals surface area contributed by atoms with E-state index in [4.69, 9.17) is 4.74 Å². The molecule has 0 bridgehead atoms. The first-order chi connectivity index (χ1) is 12.6. The fourth-order valence-corrected chi connectivity index (χ4v) is 4.52. The Hall–Kier alpha value is -1.92. The Morgan fingerprint density at radius 3 is 2.58 bits per heavy atom. The molecule has 1 aromatic carbocycles. The molecule has 3 heterocycles. The molecule has 0 unspecified atom stereocenters. The Bertz CT molecular complexity index is 658. The van der Waals surface area contributed by atoms with Gasteiger partial charge in [-0.15, -0.1) is 0 Å². The molecule has 3 saturated heterocycles. The number of hydrogen-bond acceptors (Lipinski definition) is 4. The van der Waals surface area contributed by atoms with Gasteiger partial charge < -0.3 is 14.5 Å². The van der Waals surface area contributed by atoms with E-state index in [9.17, 15) is 9.59 Å². The minimum atomic E-state index is 0.0864. The molecule has 26 heavy (non-hydrogen) atoms. The summed E-state index contributed by atoms with van der Waals surface area (Å²) in [5.41, 5.74) is 1.16. The lowest BCUT2D eigenvalue weighted by Crippen LogP contribution is -2.53. The second-order valence-corrected chi connectivity index (χ2v) is 7.62. The number of amides is 2. The van der Waals surface area contributed by atoms with Crippen LogP contribution in [0.3, 0.4) is 0 Å². The van der Waals surface area contributed by atoms with Crippen LogP contribution in [0.15, 0.2) is 30.3 Å². The Morgan fingerprint density at radius 1 is 1.15 bits per heavy atom. The van der Waals surface area contributed by atoms with Gasteiger partial charge in [0.15, 0.2) is 0 Å². The lowest BCUT2D eigenvalue weighted by molar-refractivity contribution is -0.153. The molecule has 0 radical (unpaired) electrons. The van der Waals surface area contributed by atoms with E-state index in [0.29, 0.717) is 12.6 Å². The minimum absolute atomic E-state index is 0.0864. The van der Waals surface area contributed by atoms with E-state index < -0.39 is 0 Å². The zero-order valence-corrected chi connectivity index (χ0v) is 15.3. The van der Waals surface area contributed by atoms with Gasteiger partial charge in [-0.05, 0) is 18.4 Å². The highest BCUT2D eigenvalue weighted by Crippen LogP contribution is 2.29. The maximum absolute atomic E-state index is 12.5. The number of benzene rings is 1. The van der Waals surface area contributed by atoms with Crippen molar-refractivity contribution in [3.8, 4) is 0 Å². The van der Waals surface area contributed by atoms with E-state index in [2.05, 4.69) is 17.0 Å². The van der Waals surface area contributed by atoms with Crippen LogP contribution in [-0.2, 0) is 20.9 Å². The van der Waals surface area contributed by atoms with Crippen LogP contribution in [0, 0.1) is 0 Å². The lowest BCUT2D eigenvalue weighted by atomic mass is 10.0. The summed E-state index contributed by atoms with van der Waals surface area (Å²) in [4.78, 5) is 30.4. The highest BCUT2D eigenvalue weighted by atomic mass is 16.5. The molecule has 0 aliphatic carbocycles. The number of rotatable bonds is 3. The van der Waals surface area contributed by atoms with Crippen LogP contribution >= 0.6 is 0 Å². The van der Waals surface area contributed by atoms with Crippen molar-refractivity contribution < 1.29 is 14.3 Å². The number of ether oxygens (including phenoxy) is 1. The van der Waals surface area contributed by atoms with Crippen molar-refractivity contribution in [3.63, 3.8) is 0 Å². The van der Waals surface area contributed by atoms with Crippen molar-refractivity contribution in [1.29, 1.82) is 0 Å². The standard InChI is InChI=1S/C20H27N3O3/c1-15(24)21-9-7-17(8-10-21)22-12-18-19(13-22)26-14-20(25)23(18)11-16-5-3-2-4-6-16/h2-6,17-19H,7-14H2,1H3/t18-,19-/m0/s1. The summed E-state index contributed by atoms with van der Waals surface area (Å²) in [6, 6.07) is 10.8. The van der Waals surface area contributed by atoms with Gasteiger partial charge in [0.05, 0.1) is 12.1 Å². The van der Waals surface area contributed by atoms with Gasteiger partial charge in [-0.1, -0.05) is 30.3 Å². The molecule has 3 aliphatic heterocycles. The molecule has 2 atom stereocenters. The average molecular weight is 357 g/mol. The number of nitrogens with zero attached hydrogens (tertiary/aromatic N) is 3. The smallest absolute Gasteiger partial charge is 0.249 e. The maximum Gasteiger partial charge on any atom is 0.249 e. The topological polar surface area (TPSA) is 53.1 Å². The lowest BCUT2D eigenvalue weighted by Gasteiger charge is -2.37. The molecule has 140 valence electrons. The third-order valence-electron chi connectivity index (χ3n) is 6.03. The van der Waals surface area contributed by atoms with Crippen LogP contribution in [0.5, 0.6) is 0 Å². The van der Waals surface area contributed by atoms with E-state index in [1.807, 2.05) is 28.0 Å². The van der Waals surface area contributed by atoms with Gasteiger partial charge in [0.1, 0.15) is 6.61 Å². The number of piperidine rings is 1. The number of carbonyl (C=O) groups excluding carboxylic acids is 2. The zero-order valence-electron chi connectivity index (χ0n) is 15.3. The first-order valence-electron chi connectivity index (χ1n) is 9.56. The first-order valence-corrected chi connectivity index (χ1v) is 9.56. The maximum atomic E-state index is 12.5. The summed E-state index contributed by atoms with van der Waals surface area (Å²) in [7, 11) is 0. The summed E-state index contributed by atoms with van der Waals surface area (Å²) < 4.78 is 5.87. The van der Waals surface area contributed by atoms with Crippen molar-refractivity contribution in [1.82, 2.24) is 14.7 Å². The van der Waals surface area contributed by atoms with Crippen LogP contribution in [0.25, 0.3) is 0 Å².